The third kappa shape index (κ3) is 3.26. The van der Waals surface area contributed by atoms with Crippen LogP contribution >= 0.6 is 11.6 Å². The molecule has 4 rings (SSSR count). The average molecular weight is 347 g/mol. The van der Waals surface area contributed by atoms with E-state index in [1.807, 2.05) is 36.5 Å². The van der Waals surface area contributed by atoms with E-state index in [4.69, 9.17) is 16.6 Å². The normalized spacial score (nSPS) is 14.5. The van der Waals surface area contributed by atoms with Crippen molar-refractivity contribution in [3.8, 4) is 0 Å². The summed E-state index contributed by atoms with van der Waals surface area (Å²) in [5.74, 6) is 0.740. The van der Waals surface area contributed by atoms with Crippen molar-refractivity contribution in [3.63, 3.8) is 0 Å². The van der Waals surface area contributed by atoms with Gasteiger partial charge in [0.15, 0.2) is 5.82 Å². The van der Waals surface area contributed by atoms with Crippen molar-refractivity contribution < 1.29 is 0 Å². The summed E-state index contributed by atoms with van der Waals surface area (Å²) in [5.41, 5.74) is 1.95. The second-order valence-electron chi connectivity index (χ2n) is 5.66. The molecule has 3 aromatic rings. The van der Waals surface area contributed by atoms with Crippen molar-refractivity contribution in [3.05, 3.63) is 83.9 Å². The molecule has 2 aromatic carbocycles. The summed E-state index contributed by atoms with van der Waals surface area (Å²) in [6.07, 6.45) is 4.76. The molecule has 0 spiro atoms. The van der Waals surface area contributed by atoms with Gasteiger partial charge in [0, 0.05) is 28.8 Å². The number of aromatic nitrogens is 1. The van der Waals surface area contributed by atoms with Crippen LogP contribution in [0, 0.1) is 6.92 Å². The lowest BCUT2D eigenvalue weighted by Crippen LogP contribution is -2.31. The van der Waals surface area contributed by atoms with Gasteiger partial charge in [-0.15, -0.1) is 13.2 Å². The number of nitrogens with zero attached hydrogens (tertiary/aromatic N) is 2. The van der Waals surface area contributed by atoms with E-state index in [1.54, 1.807) is 0 Å². The first-order chi connectivity index (χ1) is 12.2. The number of rotatable bonds is 1. The molecule has 0 fully saturated rings. The van der Waals surface area contributed by atoms with E-state index in [0.29, 0.717) is 0 Å². The topological polar surface area (TPSA) is 25.2 Å². The molecule has 0 radical (unpaired) electrons. The quantitative estimate of drug-likeness (QED) is 0.589. The molecular weight excluding hydrogens is 328 g/mol. The Morgan fingerprint density at radius 3 is 2.60 bits per heavy atom. The smallest absolute Gasteiger partial charge is 0.155 e. The Morgan fingerprint density at radius 2 is 1.76 bits per heavy atom. The zero-order valence-electron chi connectivity index (χ0n) is 14.2. The minimum absolute atomic E-state index is 0.720. The molecule has 0 bridgehead atoms. The molecule has 0 aliphatic heterocycles. The van der Waals surface area contributed by atoms with Gasteiger partial charge in [0.2, 0.25) is 0 Å². The van der Waals surface area contributed by atoms with E-state index < -0.39 is 0 Å². The van der Waals surface area contributed by atoms with Crippen molar-refractivity contribution in [2.45, 2.75) is 13.3 Å². The van der Waals surface area contributed by atoms with Gasteiger partial charge in [-0.25, -0.2) is 9.98 Å². The molecule has 0 saturated heterocycles. The summed E-state index contributed by atoms with van der Waals surface area (Å²) in [5, 5.41) is 5.23. The molecule has 1 aliphatic carbocycles. The summed E-state index contributed by atoms with van der Waals surface area (Å²) in [7, 11) is 0. The van der Waals surface area contributed by atoms with Gasteiger partial charge in [-0.05, 0) is 17.5 Å². The average Bonchev–Trinajstić information content (AvgIpc) is 2.68. The maximum atomic E-state index is 6.57. The van der Waals surface area contributed by atoms with Gasteiger partial charge in [0.25, 0.3) is 0 Å². The molecule has 124 valence electrons. The number of hydrogen-bond donors (Lipinski definition) is 0. The number of aliphatic imine (C=N–C) groups is 1. The second-order valence-corrected chi connectivity index (χ2v) is 6.04. The predicted molar refractivity (Wildman–Crippen MR) is 109 cm³/mol. The highest BCUT2D eigenvalue weighted by molar-refractivity contribution is 6.62. The Bertz CT molecular complexity index is 1080. The first-order valence-electron chi connectivity index (χ1n) is 8.11. The van der Waals surface area contributed by atoms with Gasteiger partial charge in [-0.3, -0.25) is 0 Å². The highest BCUT2D eigenvalue weighted by Gasteiger charge is 2.12. The van der Waals surface area contributed by atoms with Gasteiger partial charge < -0.3 is 0 Å². The molecule has 0 unspecified atom stereocenters. The fourth-order valence-corrected chi connectivity index (χ4v) is 3.25. The van der Waals surface area contributed by atoms with Crippen LogP contribution in [-0.4, -0.2) is 10.7 Å². The van der Waals surface area contributed by atoms with Crippen LogP contribution in [0.5, 0.6) is 0 Å². The largest absolute Gasteiger partial charge is 0.236 e. The standard InChI is InChI=1S/C20H15ClN2.C2H4/c1-13-16-8-4-3-7-15(16)12-22-20(13)23-18-11-10-14-6-2-5-9-17(14)19(18)21;1-2/h2-10,12H,11H2,1H3;1-2H2/b23-18+;. The third-order valence-electron chi connectivity index (χ3n) is 4.23. The Kier molecular flexibility index (Phi) is 5.11. The molecule has 1 aromatic heterocycles. The number of hydrogen-bond acceptors (Lipinski definition) is 2. The molecule has 1 aliphatic rings. The van der Waals surface area contributed by atoms with Gasteiger partial charge in [-0.2, -0.15) is 0 Å². The van der Waals surface area contributed by atoms with E-state index in [2.05, 4.69) is 49.3 Å². The zero-order chi connectivity index (χ0) is 17.8. The molecule has 3 heteroatoms. The lowest BCUT2D eigenvalue weighted by atomic mass is 10.1. The van der Waals surface area contributed by atoms with Gasteiger partial charge in [0.05, 0.1) is 10.7 Å². The van der Waals surface area contributed by atoms with Crippen molar-refractivity contribution in [1.29, 1.82) is 0 Å². The van der Waals surface area contributed by atoms with Crippen molar-refractivity contribution >= 4 is 45.0 Å². The van der Waals surface area contributed by atoms with E-state index in [1.165, 1.54) is 10.6 Å². The van der Waals surface area contributed by atoms with E-state index in [0.717, 1.165) is 39.2 Å². The first-order valence-corrected chi connectivity index (χ1v) is 8.49. The maximum Gasteiger partial charge on any atom is 0.155 e. The maximum absolute atomic E-state index is 6.57. The number of benzene rings is 2. The van der Waals surface area contributed by atoms with Crippen LogP contribution in [0.15, 0.2) is 72.9 Å². The third-order valence-corrected chi connectivity index (χ3v) is 4.65. The van der Waals surface area contributed by atoms with Crippen molar-refractivity contribution in [1.82, 2.24) is 4.98 Å². The summed E-state index contributed by atoms with van der Waals surface area (Å²) in [6.45, 7) is 8.06. The predicted octanol–water partition coefficient (Wildman–Crippen LogP) is 4.65. The Labute approximate surface area is 152 Å². The van der Waals surface area contributed by atoms with Crippen LogP contribution in [0.4, 0.5) is 5.82 Å². The van der Waals surface area contributed by atoms with Crippen LogP contribution in [-0.2, 0) is 0 Å². The minimum Gasteiger partial charge on any atom is -0.236 e. The number of aryl methyl sites for hydroxylation is 1. The van der Waals surface area contributed by atoms with Gasteiger partial charge >= 0.3 is 0 Å². The summed E-state index contributed by atoms with van der Waals surface area (Å²) >= 11 is 6.57. The Hall–Kier alpha value is -2.71. The van der Waals surface area contributed by atoms with Crippen LogP contribution < -0.4 is 10.4 Å². The Balaban J connectivity index is 0.000000880. The second kappa shape index (κ2) is 7.45. The van der Waals surface area contributed by atoms with Crippen molar-refractivity contribution in [2.24, 2.45) is 4.99 Å². The SMILES string of the molecule is C=C.Cc1c(/N=C2\CC=c3ccccc3=C2Cl)ncc2ccccc12. The van der Waals surface area contributed by atoms with E-state index in [9.17, 15) is 0 Å². The molecule has 1 heterocycles. The molecule has 2 nitrogen and oxygen atoms in total. The van der Waals surface area contributed by atoms with Crippen LogP contribution in [0.2, 0.25) is 0 Å². The molecular formula is C22H19ClN2. The fourth-order valence-electron chi connectivity index (χ4n) is 2.96. The van der Waals surface area contributed by atoms with Gasteiger partial charge in [-0.1, -0.05) is 66.2 Å². The van der Waals surface area contributed by atoms with Gasteiger partial charge in [0.1, 0.15) is 0 Å². The lowest BCUT2D eigenvalue weighted by Gasteiger charge is -2.10. The summed E-state index contributed by atoms with van der Waals surface area (Å²) in [6, 6.07) is 16.4. The van der Waals surface area contributed by atoms with E-state index >= 15 is 0 Å². The molecule has 0 amide bonds. The molecule has 0 N–H and O–H groups in total. The monoisotopic (exact) mass is 346 g/mol. The van der Waals surface area contributed by atoms with Crippen LogP contribution in [0.1, 0.15) is 12.0 Å². The van der Waals surface area contributed by atoms with Crippen LogP contribution in [0.25, 0.3) is 21.9 Å². The van der Waals surface area contributed by atoms with E-state index in [-0.39, 0.29) is 0 Å². The first kappa shape index (κ1) is 17.1. The number of halogens is 1. The summed E-state index contributed by atoms with van der Waals surface area (Å²) < 4.78 is 0. The van der Waals surface area contributed by atoms with Crippen molar-refractivity contribution in [2.75, 3.05) is 0 Å². The zero-order valence-corrected chi connectivity index (χ0v) is 14.9. The highest BCUT2D eigenvalue weighted by Crippen LogP contribution is 2.26. The highest BCUT2D eigenvalue weighted by atomic mass is 35.5. The number of fused-ring (bicyclic) bond motifs is 2. The lowest BCUT2D eigenvalue weighted by molar-refractivity contribution is 1.24. The number of pyridine rings is 1. The Morgan fingerprint density at radius 1 is 1.04 bits per heavy atom. The molecule has 25 heavy (non-hydrogen) atoms. The minimum atomic E-state index is 0.720. The molecule has 0 atom stereocenters. The molecule has 0 saturated carbocycles. The fraction of sp³-hybridized carbons (Fsp3) is 0.0909. The van der Waals surface area contributed by atoms with Crippen LogP contribution in [0.3, 0.4) is 0 Å². The summed E-state index contributed by atoms with van der Waals surface area (Å²) in [4.78, 5) is 9.27.